The number of fused-ring (bicyclic) bond motifs is 1. The number of hydrogen-bond acceptors (Lipinski definition) is 7. The molecule has 0 amide bonds. The molecule has 0 radical (unpaired) electrons. The number of halogens is 1. The van der Waals surface area contributed by atoms with Crippen molar-refractivity contribution < 1.29 is 9.15 Å². The van der Waals surface area contributed by atoms with Crippen molar-refractivity contribution in [1.82, 2.24) is 30.1 Å². The van der Waals surface area contributed by atoms with Crippen molar-refractivity contribution in [2.75, 3.05) is 6.61 Å². The van der Waals surface area contributed by atoms with Crippen LogP contribution in [-0.4, -0.2) is 36.7 Å². The van der Waals surface area contributed by atoms with Gasteiger partial charge in [-0.3, -0.25) is 9.69 Å². The molecule has 0 fully saturated rings. The third-order valence-electron chi connectivity index (χ3n) is 6.31. The van der Waals surface area contributed by atoms with E-state index >= 15 is 0 Å². The minimum Gasteiger partial charge on any atom is -0.494 e. The van der Waals surface area contributed by atoms with Crippen LogP contribution in [0.5, 0.6) is 5.75 Å². The van der Waals surface area contributed by atoms with E-state index in [0.717, 1.165) is 28.0 Å². The van der Waals surface area contributed by atoms with Crippen LogP contribution in [0.2, 0.25) is 5.02 Å². The molecule has 0 unspecified atom stereocenters. The van der Waals surface area contributed by atoms with E-state index in [4.69, 9.17) is 20.8 Å². The molecule has 3 aromatic heterocycles. The van der Waals surface area contributed by atoms with Gasteiger partial charge in [0.2, 0.25) is 0 Å². The minimum atomic E-state index is -0.586. The number of benzene rings is 2. The van der Waals surface area contributed by atoms with Gasteiger partial charge >= 0.3 is 0 Å². The third kappa shape index (κ3) is 5.49. The molecule has 0 saturated carbocycles. The molecule has 1 atom stereocenters. The lowest BCUT2D eigenvalue weighted by molar-refractivity contribution is 0.177. The van der Waals surface area contributed by atoms with E-state index in [1.807, 2.05) is 81.4 Å². The topological polar surface area (TPSA) is 102 Å². The summed E-state index contributed by atoms with van der Waals surface area (Å²) >= 11 is 6.16. The van der Waals surface area contributed by atoms with Crippen molar-refractivity contribution in [3.05, 3.63) is 105 Å². The molecule has 0 aliphatic rings. The van der Waals surface area contributed by atoms with Crippen LogP contribution in [0, 0.1) is 0 Å². The average Bonchev–Trinajstić information content (AvgIpc) is 3.59. The van der Waals surface area contributed by atoms with Crippen molar-refractivity contribution in [2.24, 2.45) is 0 Å². The van der Waals surface area contributed by atoms with Gasteiger partial charge < -0.3 is 14.1 Å². The summed E-state index contributed by atoms with van der Waals surface area (Å²) in [6.07, 6.45) is 1.64. The lowest BCUT2D eigenvalue weighted by atomic mass is 10.0. The second-order valence-corrected chi connectivity index (χ2v) is 9.76. The average molecular weight is 533 g/mol. The van der Waals surface area contributed by atoms with Gasteiger partial charge in [-0.15, -0.1) is 5.10 Å². The summed E-state index contributed by atoms with van der Waals surface area (Å²) in [5, 5.41) is 14.2. The highest BCUT2D eigenvalue weighted by Crippen LogP contribution is 2.32. The van der Waals surface area contributed by atoms with Gasteiger partial charge in [-0.05, 0) is 85.3 Å². The van der Waals surface area contributed by atoms with Gasteiger partial charge in [0.25, 0.3) is 5.56 Å². The van der Waals surface area contributed by atoms with Gasteiger partial charge in [0.1, 0.15) is 17.6 Å². The standard InChI is InChI=1S/C28H29ClN6O3/c1-4-37-22-11-12-25-20(14-22)15-24(28(36)30-25)26(27-31-32-33-35(27)18(2)3)34(17-23-6-5-13-38-23)16-19-7-9-21(29)10-8-19/h5-15,18,26H,4,16-17H2,1-3H3,(H,30,36)/t26-/m1/s1. The molecular formula is C28H29ClN6O3. The number of nitrogens with one attached hydrogen (secondary N) is 1. The van der Waals surface area contributed by atoms with Crippen LogP contribution in [0.15, 0.2) is 76.1 Å². The van der Waals surface area contributed by atoms with E-state index in [-0.39, 0.29) is 11.6 Å². The van der Waals surface area contributed by atoms with E-state index in [1.54, 1.807) is 10.9 Å². The van der Waals surface area contributed by atoms with Crippen LogP contribution < -0.4 is 10.3 Å². The Hall–Kier alpha value is -3.95. The maximum atomic E-state index is 13.6. The predicted molar refractivity (Wildman–Crippen MR) is 145 cm³/mol. The molecule has 0 spiro atoms. The van der Waals surface area contributed by atoms with Crippen molar-refractivity contribution >= 4 is 22.5 Å². The molecule has 196 valence electrons. The minimum absolute atomic E-state index is 0.0208. The molecule has 5 rings (SSSR count). The zero-order valence-electron chi connectivity index (χ0n) is 21.5. The molecule has 9 nitrogen and oxygen atoms in total. The van der Waals surface area contributed by atoms with Gasteiger partial charge in [0.05, 0.1) is 25.5 Å². The fourth-order valence-electron chi connectivity index (χ4n) is 4.57. The lowest BCUT2D eigenvalue weighted by Crippen LogP contribution is -2.35. The molecule has 5 aromatic rings. The van der Waals surface area contributed by atoms with E-state index in [2.05, 4.69) is 25.4 Å². The van der Waals surface area contributed by atoms with Crippen LogP contribution in [0.1, 0.15) is 55.6 Å². The summed E-state index contributed by atoms with van der Waals surface area (Å²) in [6, 6.07) is 18.3. The molecule has 3 heterocycles. The quantitative estimate of drug-likeness (QED) is 0.252. The maximum Gasteiger partial charge on any atom is 0.253 e. The second-order valence-electron chi connectivity index (χ2n) is 9.32. The van der Waals surface area contributed by atoms with E-state index in [1.165, 1.54) is 0 Å². The van der Waals surface area contributed by atoms with Crippen LogP contribution in [0.4, 0.5) is 0 Å². The SMILES string of the molecule is CCOc1ccc2[nH]c(=O)c([C@H](c3nnnn3C(C)C)N(Cc3ccc(Cl)cc3)Cc3ccco3)cc2c1. The highest BCUT2D eigenvalue weighted by Gasteiger charge is 2.32. The molecular weight excluding hydrogens is 504 g/mol. The molecule has 1 N–H and O–H groups in total. The van der Waals surface area contributed by atoms with Crippen LogP contribution in [0.3, 0.4) is 0 Å². The first kappa shape index (κ1) is 25.7. The molecule has 10 heteroatoms. The van der Waals surface area contributed by atoms with Crippen molar-refractivity contribution in [1.29, 1.82) is 0 Å². The maximum absolute atomic E-state index is 13.6. The Balaban J connectivity index is 1.69. The highest BCUT2D eigenvalue weighted by molar-refractivity contribution is 6.30. The van der Waals surface area contributed by atoms with E-state index in [9.17, 15) is 4.79 Å². The number of aromatic nitrogens is 5. The molecule has 0 saturated heterocycles. The van der Waals surface area contributed by atoms with Gasteiger partial charge in [-0.25, -0.2) is 4.68 Å². The Morgan fingerprint density at radius 2 is 1.92 bits per heavy atom. The molecule has 0 aliphatic heterocycles. The fraction of sp³-hybridized carbons (Fsp3) is 0.286. The Morgan fingerprint density at radius 3 is 2.63 bits per heavy atom. The van der Waals surface area contributed by atoms with Gasteiger partial charge in [0.15, 0.2) is 5.82 Å². The smallest absolute Gasteiger partial charge is 0.253 e. The zero-order valence-corrected chi connectivity index (χ0v) is 22.2. The first-order valence-corrected chi connectivity index (χ1v) is 12.9. The Labute approximate surface area is 225 Å². The number of nitrogens with zero attached hydrogens (tertiary/aromatic N) is 5. The second kappa shape index (κ2) is 11.2. The summed E-state index contributed by atoms with van der Waals surface area (Å²) in [4.78, 5) is 18.8. The summed E-state index contributed by atoms with van der Waals surface area (Å²) in [5.41, 5.74) is 2.04. The number of ether oxygens (including phenoxy) is 1. The molecule has 0 aliphatic carbocycles. The summed E-state index contributed by atoms with van der Waals surface area (Å²) in [7, 11) is 0. The Bertz CT molecular complexity index is 1560. The van der Waals surface area contributed by atoms with Crippen LogP contribution in [-0.2, 0) is 13.1 Å². The number of rotatable bonds is 10. The first-order valence-electron chi connectivity index (χ1n) is 12.5. The fourth-order valence-corrected chi connectivity index (χ4v) is 4.70. The summed E-state index contributed by atoms with van der Waals surface area (Å²) in [6.45, 7) is 7.41. The molecule has 2 aromatic carbocycles. The number of hydrogen-bond donors (Lipinski definition) is 1. The normalized spacial score (nSPS) is 12.5. The Kier molecular flexibility index (Phi) is 7.57. The number of aromatic amines is 1. The van der Waals surface area contributed by atoms with Crippen LogP contribution in [0.25, 0.3) is 10.9 Å². The highest BCUT2D eigenvalue weighted by atomic mass is 35.5. The number of pyridine rings is 1. The largest absolute Gasteiger partial charge is 0.494 e. The third-order valence-corrected chi connectivity index (χ3v) is 6.56. The van der Waals surface area contributed by atoms with Crippen molar-refractivity contribution in [3.63, 3.8) is 0 Å². The molecule has 38 heavy (non-hydrogen) atoms. The van der Waals surface area contributed by atoms with E-state index in [0.29, 0.717) is 36.1 Å². The summed E-state index contributed by atoms with van der Waals surface area (Å²) < 4.78 is 13.2. The van der Waals surface area contributed by atoms with E-state index < -0.39 is 6.04 Å². The predicted octanol–water partition coefficient (Wildman–Crippen LogP) is 5.53. The number of furan rings is 1. The molecule has 0 bridgehead atoms. The monoisotopic (exact) mass is 532 g/mol. The van der Waals surface area contributed by atoms with Gasteiger partial charge in [-0.1, -0.05) is 23.7 Å². The van der Waals surface area contributed by atoms with Crippen molar-refractivity contribution in [3.8, 4) is 5.75 Å². The van der Waals surface area contributed by atoms with Gasteiger partial charge in [-0.2, -0.15) is 0 Å². The number of H-pyrrole nitrogens is 1. The Morgan fingerprint density at radius 1 is 1.11 bits per heavy atom. The van der Waals surface area contributed by atoms with Crippen LogP contribution >= 0.6 is 11.6 Å². The first-order chi connectivity index (χ1) is 18.4. The van der Waals surface area contributed by atoms with Gasteiger partial charge in [0, 0.05) is 28.0 Å². The lowest BCUT2D eigenvalue weighted by Gasteiger charge is -2.31. The van der Waals surface area contributed by atoms with Crippen molar-refractivity contribution in [2.45, 2.75) is 45.9 Å². The summed E-state index contributed by atoms with van der Waals surface area (Å²) in [5.74, 6) is 2.05. The number of tetrazole rings is 1. The zero-order chi connectivity index (χ0) is 26.6.